The summed E-state index contributed by atoms with van der Waals surface area (Å²) < 4.78 is 5.32. The van der Waals surface area contributed by atoms with Crippen LogP contribution in [-0.2, 0) is 11.2 Å². The maximum atomic E-state index is 12.7. The lowest BCUT2D eigenvalue weighted by Crippen LogP contribution is -2.21. The van der Waals surface area contributed by atoms with Crippen LogP contribution in [0.25, 0.3) is 11.3 Å². The third kappa shape index (κ3) is 4.03. The Bertz CT molecular complexity index is 730. The highest BCUT2D eigenvalue weighted by Gasteiger charge is 2.25. The van der Waals surface area contributed by atoms with Gasteiger partial charge < -0.3 is 10.1 Å². The Kier molecular flexibility index (Phi) is 5.41. The minimum atomic E-state index is 0.119. The van der Waals surface area contributed by atoms with Crippen molar-refractivity contribution >= 4 is 11.6 Å². The molecule has 0 saturated heterocycles. The van der Waals surface area contributed by atoms with E-state index in [-0.39, 0.29) is 11.8 Å². The molecule has 0 unspecified atom stereocenters. The average Bonchev–Trinajstić information content (AvgIpc) is 3.25. The summed E-state index contributed by atoms with van der Waals surface area (Å²) in [5.74, 6) is 1.49. The molecule has 5 heteroatoms. The summed E-state index contributed by atoms with van der Waals surface area (Å²) in [5.41, 5.74) is 3.52. The van der Waals surface area contributed by atoms with Gasteiger partial charge in [0, 0.05) is 11.5 Å². The van der Waals surface area contributed by atoms with Gasteiger partial charge in [-0.3, -0.25) is 9.89 Å². The van der Waals surface area contributed by atoms with Crippen LogP contribution in [0.4, 0.5) is 5.69 Å². The first-order chi connectivity index (χ1) is 12.1. The summed E-state index contributed by atoms with van der Waals surface area (Å²) >= 11 is 0. The van der Waals surface area contributed by atoms with Gasteiger partial charge in [-0.1, -0.05) is 38.8 Å². The molecule has 1 aromatic heterocycles. The Morgan fingerprint density at radius 3 is 2.80 bits per heavy atom. The van der Waals surface area contributed by atoms with Crippen LogP contribution in [-0.4, -0.2) is 23.2 Å². The minimum absolute atomic E-state index is 0.119. The fourth-order valence-electron chi connectivity index (χ4n) is 3.46. The number of benzene rings is 1. The third-order valence-electron chi connectivity index (χ3n) is 4.77. The number of carbonyl (C=O) groups excluding carboxylic acids is 1. The molecule has 2 N–H and O–H groups in total. The summed E-state index contributed by atoms with van der Waals surface area (Å²) in [6.45, 7) is 4.32. The van der Waals surface area contributed by atoms with Crippen molar-refractivity contribution in [3.63, 3.8) is 0 Å². The van der Waals surface area contributed by atoms with Crippen LogP contribution in [0, 0.1) is 11.8 Å². The molecular formula is C20H27N3O2. The van der Waals surface area contributed by atoms with E-state index in [1.54, 1.807) is 7.11 Å². The van der Waals surface area contributed by atoms with Gasteiger partial charge in [-0.2, -0.15) is 5.10 Å². The van der Waals surface area contributed by atoms with Gasteiger partial charge in [-0.25, -0.2) is 0 Å². The standard InChI is InChI=1S/C20H27N3O2/c1-13(2)11-17-19(21-20(24)14-7-4-5-8-14)18(23-22-17)15-9-6-10-16(12-15)25-3/h6,9-10,12-14H,4-5,7-8,11H2,1-3H3,(H,21,24)(H,22,23). The van der Waals surface area contributed by atoms with Crippen LogP contribution in [0.15, 0.2) is 24.3 Å². The lowest BCUT2D eigenvalue weighted by molar-refractivity contribution is -0.119. The second-order valence-electron chi connectivity index (χ2n) is 7.23. The molecule has 3 rings (SSSR count). The topological polar surface area (TPSA) is 67.0 Å². The quantitative estimate of drug-likeness (QED) is 0.817. The van der Waals surface area contributed by atoms with E-state index in [1.165, 1.54) is 0 Å². The molecule has 0 aliphatic heterocycles. The smallest absolute Gasteiger partial charge is 0.227 e. The van der Waals surface area contributed by atoms with Crippen LogP contribution in [0.2, 0.25) is 0 Å². The van der Waals surface area contributed by atoms with E-state index in [0.717, 1.165) is 60.5 Å². The van der Waals surface area contributed by atoms with Crippen molar-refractivity contribution in [1.82, 2.24) is 10.2 Å². The number of aromatic nitrogens is 2. The van der Waals surface area contributed by atoms with Crippen molar-refractivity contribution in [2.45, 2.75) is 46.0 Å². The second kappa shape index (κ2) is 7.72. The number of H-pyrrole nitrogens is 1. The Balaban J connectivity index is 1.94. The number of hydrogen-bond donors (Lipinski definition) is 2. The molecule has 1 aliphatic rings. The number of nitrogens with zero attached hydrogens (tertiary/aromatic N) is 1. The molecule has 0 atom stereocenters. The molecule has 1 fully saturated rings. The molecule has 5 nitrogen and oxygen atoms in total. The van der Waals surface area contributed by atoms with Gasteiger partial charge in [0.25, 0.3) is 0 Å². The zero-order valence-electron chi connectivity index (χ0n) is 15.3. The van der Waals surface area contributed by atoms with Gasteiger partial charge in [-0.05, 0) is 37.3 Å². The van der Waals surface area contributed by atoms with Gasteiger partial charge >= 0.3 is 0 Å². The van der Waals surface area contributed by atoms with Crippen molar-refractivity contribution < 1.29 is 9.53 Å². The predicted molar refractivity (Wildman–Crippen MR) is 99.7 cm³/mol. The highest BCUT2D eigenvalue weighted by atomic mass is 16.5. The molecule has 1 saturated carbocycles. The van der Waals surface area contributed by atoms with E-state index in [0.29, 0.717) is 5.92 Å². The first kappa shape index (κ1) is 17.5. The van der Waals surface area contributed by atoms with Gasteiger partial charge in [0.1, 0.15) is 11.4 Å². The number of methoxy groups -OCH3 is 1. The SMILES string of the molecule is COc1cccc(-c2n[nH]c(CC(C)C)c2NC(=O)C2CCCC2)c1. The summed E-state index contributed by atoms with van der Waals surface area (Å²) in [6.07, 6.45) is 5.10. The number of rotatable bonds is 6. The molecule has 0 spiro atoms. The number of ether oxygens (including phenoxy) is 1. The van der Waals surface area contributed by atoms with E-state index in [1.807, 2.05) is 24.3 Å². The summed E-state index contributed by atoms with van der Waals surface area (Å²) in [5, 5.41) is 10.8. The Morgan fingerprint density at radius 2 is 2.12 bits per heavy atom. The Hall–Kier alpha value is -2.30. The zero-order valence-corrected chi connectivity index (χ0v) is 15.3. The lowest BCUT2D eigenvalue weighted by Gasteiger charge is -2.13. The molecule has 1 aliphatic carbocycles. The summed E-state index contributed by atoms with van der Waals surface area (Å²) in [7, 11) is 1.65. The summed E-state index contributed by atoms with van der Waals surface area (Å²) in [4.78, 5) is 12.7. The number of aromatic amines is 1. The molecule has 25 heavy (non-hydrogen) atoms. The van der Waals surface area contributed by atoms with Gasteiger partial charge in [0.15, 0.2) is 0 Å². The van der Waals surface area contributed by atoms with Crippen LogP contribution >= 0.6 is 0 Å². The van der Waals surface area contributed by atoms with Crippen molar-refractivity contribution in [3.05, 3.63) is 30.0 Å². The number of carbonyl (C=O) groups is 1. The molecule has 1 heterocycles. The number of nitrogens with one attached hydrogen (secondary N) is 2. The maximum absolute atomic E-state index is 12.7. The van der Waals surface area contributed by atoms with Crippen molar-refractivity contribution in [2.24, 2.45) is 11.8 Å². The highest BCUT2D eigenvalue weighted by molar-refractivity contribution is 5.97. The molecular weight excluding hydrogens is 314 g/mol. The number of anilines is 1. The third-order valence-corrected chi connectivity index (χ3v) is 4.77. The number of amides is 1. The Morgan fingerprint density at radius 1 is 1.36 bits per heavy atom. The van der Waals surface area contributed by atoms with Crippen molar-refractivity contribution in [3.8, 4) is 17.0 Å². The van der Waals surface area contributed by atoms with Gasteiger partial charge in [0.05, 0.1) is 18.5 Å². The minimum Gasteiger partial charge on any atom is -0.497 e. The van der Waals surface area contributed by atoms with E-state index in [2.05, 4.69) is 29.4 Å². The second-order valence-corrected chi connectivity index (χ2v) is 7.23. The molecule has 2 aromatic rings. The van der Waals surface area contributed by atoms with Crippen LogP contribution < -0.4 is 10.1 Å². The molecule has 0 radical (unpaired) electrons. The summed E-state index contributed by atoms with van der Waals surface area (Å²) in [6, 6.07) is 7.78. The Labute approximate surface area is 149 Å². The zero-order chi connectivity index (χ0) is 17.8. The number of hydrogen-bond acceptors (Lipinski definition) is 3. The van der Waals surface area contributed by atoms with Crippen molar-refractivity contribution in [2.75, 3.05) is 12.4 Å². The van der Waals surface area contributed by atoms with E-state index >= 15 is 0 Å². The molecule has 134 valence electrons. The molecule has 1 aromatic carbocycles. The maximum Gasteiger partial charge on any atom is 0.227 e. The van der Waals surface area contributed by atoms with Gasteiger partial charge in [0.2, 0.25) is 5.91 Å². The monoisotopic (exact) mass is 341 g/mol. The lowest BCUT2D eigenvalue weighted by atomic mass is 10.0. The van der Waals surface area contributed by atoms with E-state index in [4.69, 9.17) is 4.74 Å². The first-order valence-electron chi connectivity index (χ1n) is 9.11. The average molecular weight is 341 g/mol. The van der Waals surface area contributed by atoms with E-state index < -0.39 is 0 Å². The predicted octanol–water partition coefficient (Wildman–Crippen LogP) is 4.41. The van der Waals surface area contributed by atoms with Crippen LogP contribution in [0.5, 0.6) is 5.75 Å². The fourth-order valence-corrected chi connectivity index (χ4v) is 3.46. The van der Waals surface area contributed by atoms with Crippen molar-refractivity contribution in [1.29, 1.82) is 0 Å². The highest BCUT2D eigenvalue weighted by Crippen LogP contribution is 2.33. The van der Waals surface area contributed by atoms with Crippen LogP contribution in [0.3, 0.4) is 0 Å². The molecule has 1 amide bonds. The van der Waals surface area contributed by atoms with Crippen LogP contribution in [0.1, 0.15) is 45.2 Å². The fraction of sp³-hybridized carbons (Fsp3) is 0.500. The first-order valence-corrected chi connectivity index (χ1v) is 9.11. The largest absolute Gasteiger partial charge is 0.497 e. The normalized spacial score (nSPS) is 14.9. The molecule has 0 bridgehead atoms. The van der Waals surface area contributed by atoms with E-state index in [9.17, 15) is 4.79 Å². The van der Waals surface area contributed by atoms with Gasteiger partial charge in [-0.15, -0.1) is 0 Å².